The van der Waals surface area contributed by atoms with Gasteiger partial charge in [0.1, 0.15) is 0 Å². The van der Waals surface area contributed by atoms with Crippen LogP contribution in [0, 0.1) is 0 Å². The number of hydrogen-bond acceptors (Lipinski definition) is 3. The predicted molar refractivity (Wildman–Crippen MR) is 70.9 cm³/mol. The third-order valence-electron chi connectivity index (χ3n) is 2.59. The summed E-state index contributed by atoms with van der Waals surface area (Å²) >= 11 is 1.85. The highest BCUT2D eigenvalue weighted by molar-refractivity contribution is 7.98. The van der Waals surface area contributed by atoms with Crippen LogP contribution in [-0.2, 0) is 13.1 Å². The van der Waals surface area contributed by atoms with Gasteiger partial charge < -0.3 is 5.32 Å². The number of hydrogen-bond donors (Lipinski definition) is 1. The van der Waals surface area contributed by atoms with Crippen LogP contribution in [0.25, 0.3) is 10.9 Å². The van der Waals surface area contributed by atoms with Crippen molar-refractivity contribution in [3.05, 3.63) is 30.0 Å². The van der Waals surface area contributed by atoms with E-state index < -0.39 is 0 Å². The van der Waals surface area contributed by atoms with Crippen LogP contribution in [0.2, 0.25) is 0 Å². The van der Waals surface area contributed by atoms with Crippen LogP contribution >= 0.6 is 11.8 Å². The first kappa shape index (κ1) is 11.5. The highest BCUT2D eigenvalue weighted by Gasteiger charge is 2.08. The molecule has 0 fully saturated rings. The van der Waals surface area contributed by atoms with Crippen LogP contribution in [0.5, 0.6) is 0 Å². The molecule has 1 aromatic heterocycles. The highest BCUT2D eigenvalue weighted by Crippen LogP contribution is 2.18. The lowest BCUT2D eigenvalue weighted by atomic mass is 10.2. The van der Waals surface area contributed by atoms with Crippen molar-refractivity contribution in [2.24, 2.45) is 0 Å². The molecule has 0 bridgehead atoms. The van der Waals surface area contributed by atoms with Crippen molar-refractivity contribution in [3.63, 3.8) is 0 Å². The van der Waals surface area contributed by atoms with Crippen LogP contribution < -0.4 is 5.32 Å². The summed E-state index contributed by atoms with van der Waals surface area (Å²) < 4.78 is 2.11. The molecule has 0 unspecified atom stereocenters. The summed E-state index contributed by atoms with van der Waals surface area (Å²) in [5.74, 6) is 1.10. The molecule has 4 heteroatoms. The Morgan fingerprint density at radius 1 is 1.38 bits per heavy atom. The van der Waals surface area contributed by atoms with E-state index in [1.807, 2.05) is 18.8 Å². The highest BCUT2D eigenvalue weighted by atomic mass is 32.2. The molecule has 1 aromatic carbocycles. The van der Waals surface area contributed by atoms with Gasteiger partial charge in [-0.05, 0) is 19.4 Å². The summed E-state index contributed by atoms with van der Waals surface area (Å²) in [6, 6.07) is 8.43. The first-order chi connectivity index (χ1) is 7.86. The summed E-state index contributed by atoms with van der Waals surface area (Å²) in [5, 5.41) is 9.08. The van der Waals surface area contributed by atoms with Gasteiger partial charge in [0.2, 0.25) is 0 Å². The number of thioether (sulfide) groups is 1. The second-order valence-corrected chi connectivity index (χ2v) is 4.70. The SMILES string of the molecule is CNCc1nn(CCSC)c2ccccc12. The Balaban J connectivity index is 2.40. The molecular weight excluding hydrogens is 218 g/mol. The standard InChI is InChI=1S/C12H17N3S/c1-13-9-11-10-5-3-4-6-12(10)15(14-11)7-8-16-2/h3-6,13H,7-9H2,1-2H3. The molecule has 2 rings (SSSR count). The molecule has 0 saturated heterocycles. The minimum atomic E-state index is 0.826. The van der Waals surface area contributed by atoms with Gasteiger partial charge in [-0.3, -0.25) is 4.68 Å². The first-order valence-corrected chi connectivity index (χ1v) is 6.84. The van der Waals surface area contributed by atoms with Crippen LogP contribution in [0.15, 0.2) is 24.3 Å². The van der Waals surface area contributed by atoms with Crippen molar-refractivity contribution in [1.82, 2.24) is 15.1 Å². The summed E-state index contributed by atoms with van der Waals surface area (Å²) in [6.07, 6.45) is 2.13. The molecule has 1 heterocycles. The molecule has 1 N–H and O–H groups in total. The van der Waals surface area contributed by atoms with Crippen molar-refractivity contribution in [1.29, 1.82) is 0 Å². The van der Waals surface area contributed by atoms with Crippen LogP contribution in [0.3, 0.4) is 0 Å². The first-order valence-electron chi connectivity index (χ1n) is 5.44. The largest absolute Gasteiger partial charge is 0.314 e. The molecule has 0 amide bonds. The number of fused-ring (bicyclic) bond motifs is 1. The fourth-order valence-electron chi connectivity index (χ4n) is 1.84. The van der Waals surface area contributed by atoms with Gasteiger partial charge in [-0.1, -0.05) is 18.2 Å². The smallest absolute Gasteiger partial charge is 0.0841 e. The fourth-order valence-corrected chi connectivity index (χ4v) is 2.20. The normalized spacial score (nSPS) is 11.1. The minimum absolute atomic E-state index is 0.826. The predicted octanol–water partition coefficient (Wildman–Crippen LogP) is 2.12. The molecule has 86 valence electrons. The van der Waals surface area contributed by atoms with Gasteiger partial charge in [0, 0.05) is 17.7 Å². The van der Waals surface area contributed by atoms with Crippen molar-refractivity contribution >= 4 is 22.7 Å². The van der Waals surface area contributed by atoms with E-state index in [0.717, 1.165) is 24.5 Å². The van der Waals surface area contributed by atoms with Crippen molar-refractivity contribution in [2.45, 2.75) is 13.1 Å². The molecule has 0 saturated carbocycles. The van der Waals surface area contributed by atoms with E-state index in [1.165, 1.54) is 10.9 Å². The molecule has 2 aromatic rings. The Morgan fingerprint density at radius 2 is 2.19 bits per heavy atom. The lowest BCUT2D eigenvalue weighted by molar-refractivity contribution is 0.661. The summed E-state index contributed by atoms with van der Waals surface area (Å²) in [6.45, 7) is 1.80. The Bertz CT molecular complexity index is 464. The van der Waals surface area contributed by atoms with E-state index in [1.54, 1.807) is 0 Å². The number of nitrogens with one attached hydrogen (secondary N) is 1. The van der Waals surface area contributed by atoms with Crippen molar-refractivity contribution in [3.8, 4) is 0 Å². The van der Waals surface area contributed by atoms with Gasteiger partial charge in [0.25, 0.3) is 0 Å². The summed E-state index contributed by atoms with van der Waals surface area (Å²) in [5.41, 5.74) is 2.38. The zero-order valence-corrected chi connectivity index (χ0v) is 10.5. The van der Waals surface area contributed by atoms with Gasteiger partial charge in [-0.25, -0.2) is 0 Å². The maximum atomic E-state index is 4.66. The third kappa shape index (κ3) is 2.23. The number of nitrogens with zero attached hydrogens (tertiary/aromatic N) is 2. The number of aryl methyl sites for hydroxylation is 1. The van der Waals surface area contributed by atoms with Gasteiger partial charge >= 0.3 is 0 Å². The Kier molecular flexibility index (Phi) is 3.85. The maximum absolute atomic E-state index is 4.66. The Morgan fingerprint density at radius 3 is 2.94 bits per heavy atom. The number of benzene rings is 1. The lowest BCUT2D eigenvalue weighted by Gasteiger charge is -2.00. The maximum Gasteiger partial charge on any atom is 0.0841 e. The zero-order chi connectivity index (χ0) is 11.4. The Labute approximate surface area is 100 Å². The van der Waals surface area contributed by atoms with Crippen molar-refractivity contribution < 1.29 is 0 Å². The van der Waals surface area contributed by atoms with Gasteiger partial charge in [-0.2, -0.15) is 16.9 Å². The van der Waals surface area contributed by atoms with E-state index in [-0.39, 0.29) is 0 Å². The second kappa shape index (κ2) is 5.37. The topological polar surface area (TPSA) is 29.9 Å². The molecule has 0 aliphatic rings. The summed E-state index contributed by atoms with van der Waals surface area (Å²) in [4.78, 5) is 0. The number of aromatic nitrogens is 2. The minimum Gasteiger partial charge on any atom is -0.314 e. The fraction of sp³-hybridized carbons (Fsp3) is 0.417. The Hall–Kier alpha value is -1.00. The van der Waals surface area contributed by atoms with Crippen LogP contribution in [-0.4, -0.2) is 28.8 Å². The molecule has 16 heavy (non-hydrogen) atoms. The lowest BCUT2D eigenvalue weighted by Crippen LogP contribution is -2.07. The number of para-hydroxylation sites is 1. The molecule has 0 aliphatic heterocycles. The monoisotopic (exact) mass is 235 g/mol. The van der Waals surface area contributed by atoms with Crippen LogP contribution in [0.1, 0.15) is 5.69 Å². The van der Waals surface area contributed by atoms with Gasteiger partial charge in [0.15, 0.2) is 0 Å². The summed E-state index contributed by atoms with van der Waals surface area (Å²) in [7, 11) is 1.95. The molecule has 0 atom stereocenters. The third-order valence-corrected chi connectivity index (χ3v) is 3.18. The quantitative estimate of drug-likeness (QED) is 0.861. The number of rotatable bonds is 5. The molecular formula is C12H17N3S. The molecule has 0 aliphatic carbocycles. The molecule has 3 nitrogen and oxygen atoms in total. The molecule has 0 radical (unpaired) electrons. The molecule has 0 spiro atoms. The zero-order valence-electron chi connectivity index (χ0n) is 9.73. The van der Waals surface area contributed by atoms with E-state index in [2.05, 4.69) is 45.6 Å². The van der Waals surface area contributed by atoms with Crippen molar-refractivity contribution in [2.75, 3.05) is 19.1 Å². The van der Waals surface area contributed by atoms with E-state index in [0.29, 0.717) is 0 Å². The van der Waals surface area contributed by atoms with Crippen LogP contribution in [0.4, 0.5) is 0 Å². The van der Waals surface area contributed by atoms with Gasteiger partial charge in [-0.15, -0.1) is 0 Å². The van der Waals surface area contributed by atoms with E-state index in [4.69, 9.17) is 0 Å². The second-order valence-electron chi connectivity index (χ2n) is 3.71. The average Bonchev–Trinajstić information content (AvgIpc) is 2.66. The average molecular weight is 235 g/mol. The van der Waals surface area contributed by atoms with Gasteiger partial charge in [0.05, 0.1) is 17.8 Å². The van der Waals surface area contributed by atoms with E-state index >= 15 is 0 Å². The van der Waals surface area contributed by atoms with E-state index in [9.17, 15) is 0 Å².